The maximum Gasteiger partial charge on any atom is 0.0541 e. The first kappa shape index (κ1) is 13.8. The molecule has 4 heteroatoms. The number of thiophene rings is 1. The topological polar surface area (TPSA) is 12.0 Å². The lowest BCUT2D eigenvalue weighted by Crippen LogP contribution is -2.35. The minimum atomic E-state index is 0.515. The van der Waals surface area contributed by atoms with Gasteiger partial charge in [0.05, 0.1) is 6.04 Å². The number of hydrogen-bond donors (Lipinski definition) is 1. The number of aryl methyl sites for hydroxylation is 1. The van der Waals surface area contributed by atoms with E-state index in [1.165, 1.54) is 15.5 Å². The standard InChI is InChI=1S/C13H21NS3/c1-8-5-6-11(16-8)13(14-4)12-7-15-9(2)10(3)17-12/h5-6,9-10,12-14H,7H2,1-4H3. The second-order valence-electron chi connectivity index (χ2n) is 4.63. The van der Waals surface area contributed by atoms with Crippen LogP contribution in [0.5, 0.6) is 0 Å². The van der Waals surface area contributed by atoms with Crippen LogP contribution in [0.3, 0.4) is 0 Å². The summed E-state index contributed by atoms with van der Waals surface area (Å²) in [5.74, 6) is 1.26. The van der Waals surface area contributed by atoms with E-state index in [1.807, 2.05) is 11.3 Å². The SMILES string of the molecule is CNC(c1ccc(C)s1)C1CSC(C)C(C)S1. The zero-order valence-electron chi connectivity index (χ0n) is 10.9. The van der Waals surface area contributed by atoms with E-state index >= 15 is 0 Å². The van der Waals surface area contributed by atoms with Gasteiger partial charge in [-0.25, -0.2) is 0 Å². The maximum atomic E-state index is 3.51. The molecule has 1 aliphatic rings. The molecule has 4 atom stereocenters. The molecule has 0 amide bonds. The zero-order valence-corrected chi connectivity index (χ0v) is 13.3. The van der Waals surface area contributed by atoms with Crippen LogP contribution in [0.25, 0.3) is 0 Å². The van der Waals surface area contributed by atoms with Crippen molar-refractivity contribution in [1.82, 2.24) is 5.32 Å². The third-order valence-electron chi connectivity index (χ3n) is 3.32. The highest BCUT2D eigenvalue weighted by molar-refractivity contribution is 8.07. The second kappa shape index (κ2) is 6.00. The van der Waals surface area contributed by atoms with Gasteiger partial charge in [-0.1, -0.05) is 13.8 Å². The molecule has 0 saturated carbocycles. The minimum absolute atomic E-state index is 0.515. The van der Waals surface area contributed by atoms with Gasteiger partial charge in [0.25, 0.3) is 0 Å². The Kier molecular flexibility index (Phi) is 4.87. The van der Waals surface area contributed by atoms with Gasteiger partial charge < -0.3 is 5.32 Å². The molecule has 96 valence electrons. The Labute approximate surface area is 117 Å². The van der Waals surface area contributed by atoms with E-state index in [1.54, 1.807) is 0 Å². The molecule has 0 aromatic carbocycles. The third kappa shape index (κ3) is 3.22. The Balaban J connectivity index is 2.08. The summed E-state index contributed by atoms with van der Waals surface area (Å²) in [5, 5.41) is 5.77. The number of hydrogen-bond acceptors (Lipinski definition) is 4. The lowest BCUT2D eigenvalue weighted by molar-refractivity contribution is 0.598. The molecule has 0 bridgehead atoms. The highest BCUT2D eigenvalue weighted by atomic mass is 32.2. The van der Waals surface area contributed by atoms with Crippen molar-refractivity contribution < 1.29 is 0 Å². The van der Waals surface area contributed by atoms with Gasteiger partial charge in [0.2, 0.25) is 0 Å². The van der Waals surface area contributed by atoms with Crippen LogP contribution in [-0.4, -0.2) is 28.6 Å². The molecular formula is C13H21NS3. The van der Waals surface area contributed by atoms with Gasteiger partial charge in [-0.2, -0.15) is 23.5 Å². The molecule has 1 saturated heterocycles. The van der Waals surface area contributed by atoms with E-state index in [9.17, 15) is 0 Å². The van der Waals surface area contributed by atoms with E-state index < -0.39 is 0 Å². The average molecular weight is 288 g/mol. The molecule has 17 heavy (non-hydrogen) atoms. The molecule has 1 aromatic heterocycles. The molecule has 2 rings (SSSR count). The highest BCUT2D eigenvalue weighted by Gasteiger charge is 2.31. The van der Waals surface area contributed by atoms with Crippen molar-refractivity contribution in [1.29, 1.82) is 0 Å². The van der Waals surface area contributed by atoms with E-state index in [2.05, 4.69) is 68.8 Å². The van der Waals surface area contributed by atoms with Crippen molar-refractivity contribution in [2.24, 2.45) is 0 Å². The molecule has 1 N–H and O–H groups in total. The maximum absolute atomic E-state index is 3.51. The van der Waals surface area contributed by atoms with E-state index in [4.69, 9.17) is 0 Å². The largest absolute Gasteiger partial charge is 0.311 e. The van der Waals surface area contributed by atoms with Crippen molar-refractivity contribution >= 4 is 34.9 Å². The molecule has 0 radical (unpaired) electrons. The van der Waals surface area contributed by atoms with Crippen LogP contribution in [-0.2, 0) is 0 Å². The van der Waals surface area contributed by atoms with Gasteiger partial charge in [-0.15, -0.1) is 11.3 Å². The fraction of sp³-hybridized carbons (Fsp3) is 0.692. The summed E-state index contributed by atoms with van der Waals surface area (Å²) in [6.45, 7) is 6.90. The minimum Gasteiger partial charge on any atom is -0.311 e. The Morgan fingerprint density at radius 1 is 1.29 bits per heavy atom. The van der Waals surface area contributed by atoms with E-state index in [0.717, 1.165) is 10.5 Å². The molecular weight excluding hydrogens is 266 g/mol. The fourth-order valence-electron chi connectivity index (χ4n) is 2.11. The smallest absolute Gasteiger partial charge is 0.0541 e. The number of nitrogens with one attached hydrogen (secondary N) is 1. The van der Waals surface area contributed by atoms with Crippen LogP contribution in [0.1, 0.15) is 29.6 Å². The summed E-state index contributed by atoms with van der Waals surface area (Å²) >= 11 is 6.21. The van der Waals surface area contributed by atoms with Crippen molar-refractivity contribution in [2.45, 2.75) is 42.6 Å². The van der Waals surface area contributed by atoms with E-state index in [0.29, 0.717) is 11.3 Å². The number of rotatable bonds is 3. The predicted octanol–water partition coefficient (Wildman–Crippen LogP) is 3.94. The van der Waals surface area contributed by atoms with Crippen LogP contribution in [0.15, 0.2) is 12.1 Å². The van der Waals surface area contributed by atoms with Gasteiger partial charge >= 0.3 is 0 Å². The fourth-order valence-corrected chi connectivity index (χ4v) is 6.40. The normalized spacial score (nSPS) is 31.4. The van der Waals surface area contributed by atoms with Crippen LogP contribution in [0, 0.1) is 6.92 Å². The van der Waals surface area contributed by atoms with Gasteiger partial charge in [0.1, 0.15) is 0 Å². The van der Waals surface area contributed by atoms with Gasteiger partial charge in [-0.05, 0) is 26.1 Å². The summed E-state index contributed by atoms with van der Waals surface area (Å²) in [6.07, 6.45) is 0. The summed E-state index contributed by atoms with van der Waals surface area (Å²) < 4.78 is 0. The Morgan fingerprint density at radius 2 is 2.06 bits per heavy atom. The van der Waals surface area contributed by atoms with Crippen molar-refractivity contribution in [3.05, 3.63) is 21.9 Å². The monoisotopic (exact) mass is 287 g/mol. The first-order valence-corrected chi connectivity index (χ1v) is 8.93. The molecule has 1 nitrogen and oxygen atoms in total. The van der Waals surface area contributed by atoms with Crippen molar-refractivity contribution in [3.63, 3.8) is 0 Å². The lowest BCUT2D eigenvalue weighted by Gasteiger charge is -2.35. The lowest BCUT2D eigenvalue weighted by atomic mass is 10.2. The van der Waals surface area contributed by atoms with Crippen LogP contribution in [0.4, 0.5) is 0 Å². The first-order chi connectivity index (χ1) is 8.11. The van der Waals surface area contributed by atoms with Crippen LogP contribution in [0.2, 0.25) is 0 Å². The number of thioether (sulfide) groups is 2. The summed E-state index contributed by atoms with van der Waals surface area (Å²) in [5.41, 5.74) is 0. The molecule has 1 aliphatic heterocycles. The molecule has 4 unspecified atom stereocenters. The quantitative estimate of drug-likeness (QED) is 0.904. The molecule has 0 aliphatic carbocycles. The third-order valence-corrected chi connectivity index (χ3v) is 7.90. The summed E-state index contributed by atoms with van der Waals surface area (Å²) in [7, 11) is 2.09. The molecule has 0 spiro atoms. The van der Waals surface area contributed by atoms with Crippen molar-refractivity contribution in [2.75, 3.05) is 12.8 Å². The Morgan fingerprint density at radius 3 is 2.59 bits per heavy atom. The van der Waals surface area contributed by atoms with Gasteiger partial charge in [0, 0.05) is 31.3 Å². The average Bonchev–Trinajstić information content (AvgIpc) is 2.71. The summed E-state index contributed by atoms with van der Waals surface area (Å²) in [6, 6.07) is 5.03. The van der Waals surface area contributed by atoms with Gasteiger partial charge in [-0.3, -0.25) is 0 Å². The Hall–Kier alpha value is 0.360. The highest BCUT2D eigenvalue weighted by Crippen LogP contribution is 2.42. The Bertz CT molecular complexity index is 363. The molecule has 1 fully saturated rings. The van der Waals surface area contributed by atoms with Crippen LogP contribution < -0.4 is 5.32 Å². The predicted molar refractivity (Wildman–Crippen MR) is 83.6 cm³/mol. The molecule has 1 aromatic rings. The summed E-state index contributed by atoms with van der Waals surface area (Å²) in [4.78, 5) is 2.90. The van der Waals surface area contributed by atoms with Gasteiger partial charge in [0.15, 0.2) is 0 Å². The van der Waals surface area contributed by atoms with Crippen molar-refractivity contribution in [3.8, 4) is 0 Å². The first-order valence-electron chi connectivity index (χ1n) is 6.12. The zero-order chi connectivity index (χ0) is 12.4. The van der Waals surface area contributed by atoms with Crippen LogP contribution >= 0.6 is 34.9 Å². The van der Waals surface area contributed by atoms with E-state index in [-0.39, 0.29) is 0 Å². The molecule has 2 heterocycles. The second-order valence-corrected chi connectivity index (χ2v) is 8.98.